The number of halogens is 2. The van der Waals surface area contributed by atoms with Gasteiger partial charge in [0.25, 0.3) is 0 Å². The molecule has 3 fully saturated rings. The first-order valence-electron chi connectivity index (χ1n) is 14.4. The molecule has 1 N–H and O–H groups in total. The van der Waals surface area contributed by atoms with E-state index in [4.69, 9.17) is 21.1 Å². The highest BCUT2D eigenvalue weighted by Gasteiger charge is 2.69. The molecule has 0 radical (unpaired) electrons. The van der Waals surface area contributed by atoms with Crippen molar-refractivity contribution in [2.75, 3.05) is 12.0 Å². The Balaban J connectivity index is 1.19. The molecule has 3 heterocycles. The first-order valence-corrected chi connectivity index (χ1v) is 17.3. The number of thioether (sulfide) groups is 1. The Morgan fingerprint density at radius 1 is 1.00 bits per heavy atom. The lowest BCUT2D eigenvalue weighted by molar-refractivity contribution is -0.123. The molecule has 2 amide bonds. The number of nitrogens with one attached hydrogen (secondary N) is 1. The van der Waals surface area contributed by atoms with Crippen LogP contribution in [-0.4, -0.2) is 29.2 Å². The topological polar surface area (TPSA) is 88.7 Å². The molecular weight excluding hydrogens is 684 g/mol. The van der Waals surface area contributed by atoms with Gasteiger partial charge in [-0.05, 0) is 84.3 Å². The quantitative estimate of drug-likeness (QED) is 0.215. The van der Waals surface area contributed by atoms with E-state index in [1.807, 2.05) is 36.4 Å². The molecule has 0 spiro atoms. The van der Waals surface area contributed by atoms with Gasteiger partial charge in [0, 0.05) is 31.1 Å². The summed E-state index contributed by atoms with van der Waals surface area (Å²) < 4.78 is 12.6. The van der Waals surface area contributed by atoms with Crippen LogP contribution in [0.5, 0.6) is 11.5 Å². The molecule has 4 aromatic rings. The molecule has 2 saturated carbocycles. The van der Waals surface area contributed by atoms with E-state index in [0.29, 0.717) is 23.1 Å². The second-order valence-corrected chi connectivity index (χ2v) is 15.3. The van der Waals surface area contributed by atoms with Crippen LogP contribution >= 0.6 is 50.6 Å². The molecule has 0 unspecified atom stereocenters. The minimum absolute atomic E-state index is 0.00249. The fourth-order valence-electron chi connectivity index (χ4n) is 8.03. The zero-order valence-electron chi connectivity index (χ0n) is 23.4. The fraction of sp³-hybridized carbons (Fsp3) is 0.303. The third-order valence-electron chi connectivity index (χ3n) is 9.64. The molecular formula is C33H26BrClN2O5S2. The van der Waals surface area contributed by atoms with E-state index in [9.17, 15) is 14.4 Å². The van der Waals surface area contributed by atoms with Crippen LogP contribution in [0.4, 0.5) is 5.69 Å². The van der Waals surface area contributed by atoms with Crippen LogP contribution in [0.2, 0.25) is 5.02 Å². The Bertz CT molecular complexity index is 1880. The molecule has 1 saturated heterocycles. The third kappa shape index (κ3) is 4.40. The molecule has 3 aromatic carbocycles. The van der Waals surface area contributed by atoms with E-state index in [1.165, 1.54) is 16.2 Å². The van der Waals surface area contributed by atoms with Crippen molar-refractivity contribution in [2.24, 2.45) is 29.6 Å². The number of hydrogen-bond donors (Lipinski definition) is 1. The lowest BCUT2D eigenvalue weighted by Gasteiger charge is -2.43. The van der Waals surface area contributed by atoms with Gasteiger partial charge in [0.05, 0.1) is 29.7 Å². The normalized spacial score (nSPS) is 28.2. The van der Waals surface area contributed by atoms with E-state index in [0.717, 1.165) is 37.7 Å². The molecule has 1 aromatic heterocycles. The number of thiazole rings is 1. The molecule has 8 rings (SSSR count). The maximum Gasteiger partial charge on any atom is 0.305 e. The van der Waals surface area contributed by atoms with Gasteiger partial charge in [0.15, 0.2) is 0 Å². The second kappa shape index (κ2) is 10.8. The van der Waals surface area contributed by atoms with Crippen molar-refractivity contribution in [3.8, 4) is 11.5 Å². The Labute approximate surface area is 275 Å². The molecule has 4 aliphatic rings. The second-order valence-electron chi connectivity index (χ2n) is 11.8. The van der Waals surface area contributed by atoms with Gasteiger partial charge < -0.3 is 14.5 Å². The summed E-state index contributed by atoms with van der Waals surface area (Å²) in [6.45, 7) is 0.335. The maximum atomic E-state index is 14.1. The molecule has 224 valence electrons. The van der Waals surface area contributed by atoms with Gasteiger partial charge in [-0.1, -0.05) is 51.0 Å². The van der Waals surface area contributed by atoms with Crippen LogP contribution < -0.4 is 19.2 Å². The van der Waals surface area contributed by atoms with E-state index in [2.05, 4.69) is 27.0 Å². The monoisotopic (exact) mass is 708 g/mol. The molecule has 7 nitrogen and oxygen atoms in total. The first kappa shape index (κ1) is 28.4. The molecule has 2 aliphatic heterocycles. The number of rotatable bonds is 6. The number of hydrogen-bond acceptors (Lipinski definition) is 7. The van der Waals surface area contributed by atoms with Gasteiger partial charge in [0.1, 0.15) is 18.1 Å². The number of ether oxygens (including phenoxy) is 2. The summed E-state index contributed by atoms with van der Waals surface area (Å²) in [4.78, 5) is 46.1. The number of anilines is 1. The number of aromatic amines is 1. The third-order valence-corrected chi connectivity index (χ3v) is 13.0. The summed E-state index contributed by atoms with van der Waals surface area (Å²) in [7, 11) is 1.59. The van der Waals surface area contributed by atoms with Gasteiger partial charge in [0.2, 0.25) is 11.8 Å². The van der Waals surface area contributed by atoms with Crippen molar-refractivity contribution in [3.63, 3.8) is 0 Å². The highest BCUT2D eigenvalue weighted by atomic mass is 79.9. The van der Waals surface area contributed by atoms with Gasteiger partial charge in [-0.2, -0.15) is 0 Å². The number of carbonyl (C=O) groups excluding carboxylic acids is 2. The minimum atomic E-state index is -0.390. The van der Waals surface area contributed by atoms with Gasteiger partial charge in [-0.15, -0.1) is 11.8 Å². The van der Waals surface area contributed by atoms with Crippen molar-refractivity contribution < 1.29 is 19.1 Å². The van der Waals surface area contributed by atoms with E-state index in [1.54, 1.807) is 43.1 Å². The summed E-state index contributed by atoms with van der Waals surface area (Å²) in [5, 5.41) is 1.59. The Morgan fingerprint density at radius 2 is 1.77 bits per heavy atom. The average Bonchev–Trinajstić information content (AvgIpc) is 3.75. The van der Waals surface area contributed by atoms with Crippen molar-refractivity contribution in [3.05, 3.63) is 102 Å². The summed E-state index contributed by atoms with van der Waals surface area (Å²) in [6, 6.07) is 20.7. The molecule has 44 heavy (non-hydrogen) atoms. The number of imide groups is 1. The van der Waals surface area contributed by atoms with E-state index >= 15 is 0 Å². The highest BCUT2D eigenvalue weighted by Crippen LogP contribution is 2.69. The number of fused-ring (bicyclic) bond motifs is 9. The van der Waals surface area contributed by atoms with Crippen LogP contribution in [0.1, 0.15) is 28.3 Å². The van der Waals surface area contributed by atoms with Crippen LogP contribution in [0.15, 0.2) is 81.0 Å². The van der Waals surface area contributed by atoms with Crippen LogP contribution in [0.3, 0.4) is 0 Å². The standard InChI is InChI=1S/C33H26BrClN2O5S2/c1-41-19-8-6-18(7-9-19)37-31(38)26-21-13-22(27(26)32(37)39)28-25(21)24(29-30(43-28)36-33(40)44-29)20-12-16(34)5-10-23(20)42-14-15-3-2-4-17(35)11-15/h2-12,21-22,24-28H,13-14H2,1H3,(H,36,40)/t21-,22-,24+,25+,26+,27+,28-/m1/s1. The predicted molar refractivity (Wildman–Crippen MR) is 174 cm³/mol. The van der Waals surface area contributed by atoms with Crippen LogP contribution in [0, 0.1) is 29.6 Å². The fourth-order valence-corrected chi connectivity index (χ4v) is 11.5. The van der Waals surface area contributed by atoms with Gasteiger partial charge in [-0.25, -0.2) is 0 Å². The van der Waals surface area contributed by atoms with Crippen LogP contribution in [0.25, 0.3) is 0 Å². The Hall–Kier alpha value is -3.05. The number of nitrogens with zero attached hydrogens (tertiary/aromatic N) is 1. The smallest absolute Gasteiger partial charge is 0.305 e. The average molecular weight is 710 g/mol. The summed E-state index contributed by atoms with van der Waals surface area (Å²) in [6.07, 6.45) is 0.813. The van der Waals surface area contributed by atoms with Crippen molar-refractivity contribution in [1.82, 2.24) is 4.98 Å². The maximum absolute atomic E-state index is 14.1. The summed E-state index contributed by atoms with van der Waals surface area (Å²) in [5.41, 5.74) is 2.50. The Kier molecular flexibility index (Phi) is 6.97. The summed E-state index contributed by atoms with van der Waals surface area (Å²) in [5.74, 6) is 0.312. The Morgan fingerprint density at radius 3 is 2.52 bits per heavy atom. The predicted octanol–water partition coefficient (Wildman–Crippen LogP) is 7.12. The van der Waals surface area contributed by atoms with E-state index in [-0.39, 0.29) is 57.4 Å². The van der Waals surface area contributed by atoms with Gasteiger partial charge in [-0.3, -0.25) is 19.3 Å². The first-order chi connectivity index (χ1) is 21.3. The summed E-state index contributed by atoms with van der Waals surface area (Å²) >= 11 is 12.8. The number of methoxy groups -OCH3 is 1. The van der Waals surface area contributed by atoms with E-state index < -0.39 is 0 Å². The molecule has 7 atom stereocenters. The zero-order valence-corrected chi connectivity index (χ0v) is 27.3. The van der Waals surface area contributed by atoms with Crippen molar-refractivity contribution in [1.29, 1.82) is 0 Å². The van der Waals surface area contributed by atoms with Crippen molar-refractivity contribution >= 4 is 68.1 Å². The number of amides is 2. The largest absolute Gasteiger partial charge is 0.497 e. The molecule has 2 bridgehead atoms. The minimum Gasteiger partial charge on any atom is -0.497 e. The van der Waals surface area contributed by atoms with Crippen molar-refractivity contribution in [2.45, 2.75) is 29.2 Å². The lowest BCUT2D eigenvalue weighted by Crippen LogP contribution is -2.42. The molecule has 2 aliphatic carbocycles. The van der Waals surface area contributed by atoms with Crippen LogP contribution in [-0.2, 0) is 16.2 Å². The number of carbonyl (C=O) groups is 2. The van der Waals surface area contributed by atoms with Gasteiger partial charge >= 0.3 is 4.87 Å². The highest BCUT2D eigenvalue weighted by molar-refractivity contribution is 9.10. The number of H-pyrrole nitrogens is 1. The number of benzene rings is 3. The lowest BCUT2D eigenvalue weighted by atomic mass is 9.68. The molecule has 11 heteroatoms. The SMILES string of the molecule is COc1ccc(N2C(=O)[C@H]3[C@H]4C[C@@H]([C@@H]3C2=O)[C@H]2[C@H](c3cc(Br)ccc3OCc3cccc(Cl)c3)c3sc(=O)[nH]c3S[C@H]42)cc1. The zero-order chi connectivity index (χ0) is 30.3. The number of aromatic nitrogens is 1.